The third kappa shape index (κ3) is 8.02. The quantitative estimate of drug-likeness (QED) is 0.0964. The van der Waals surface area contributed by atoms with Crippen LogP contribution in [0.4, 0.5) is 0 Å². The van der Waals surface area contributed by atoms with Gasteiger partial charge >= 0.3 is 5.97 Å². The lowest BCUT2D eigenvalue weighted by Crippen LogP contribution is -2.34. The molecule has 0 bridgehead atoms. The number of carbonyl (C=O) groups is 3. The van der Waals surface area contributed by atoms with Gasteiger partial charge in [0.05, 0.1) is 5.57 Å². The van der Waals surface area contributed by atoms with E-state index in [2.05, 4.69) is 26.5 Å². The van der Waals surface area contributed by atoms with Gasteiger partial charge < -0.3 is 9.84 Å². The molecule has 5 nitrogen and oxygen atoms in total. The second-order valence-corrected chi connectivity index (χ2v) is 10.7. The fraction of sp³-hybridized carbons (Fsp3) is 0.531. The molecule has 0 saturated carbocycles. The van der Waals surface area contributed by atoms with Gasteiger partial charge in [0.25, 0.3) is 0 Å². The molecule has 0 amide bonds. The predicted octanol–water partition coefficient (Wildman–Crippen LogP) is 7.61. The number of hydrogen-bond acceptors (Lipinski definition) is 5. The van der Waals surface area contributed by atoms with Crippen LogP contribution in [0.25, 0.3) is 0 Å². The Morgan fingerprint density at radius 1 is 1.14 bits per heavy atom. The summed E-state index contributed by atoms with van der Waals surface area (Å²) in [7, 11) is 0. The summed E-state index contributed by atoms with van der Waals surface area (Å²) in [6, 6.07) is 0. The maximum Gasteiger partial charge on any atom is 0.342 e. The first kappa shape index (κ1) is 30.3. The molecule has 0 aliphatic heterocycles. The molecule has 202 valence electrons. The first-order valence-corrected chi connectivity index (χ1v) is 13.5. The molecule has 0 radical (unpaired) electrons. The van der Waals surface area contributed by atoms with Gasteiger partial charge in [0.1, 0.15) is 12.2 Å². The minimum absolute atomic E-state index is 0.00307. The van der Waals surface area contributed by atoms with E-state index in [0.717, 1.165) is 55.2 Å². The number of ketones is 2. The van der Waals surface area contributed by atoms with Gasteiger partial charge in [0.2, 0.25) is 11.6 Å². The highest BCUT2D eigenvalue weighted by molar-refractivity contribution is 6.34. The van der Waals surface area contributed by atoms with Crippen molar-refractivity contribution < 1.29 is 24.2 Å². The smallest absolute Gasteiger partial charge is 0.342 e. The van der Waals surface area contributed by atoms with Crippen molar-refractivity contribution in [3.05, 3.63) is 69.6 Å². The summed E-state index contributed by atoms with van der Waals surface area (Å²) >= 11 is 0. The molecular weight excluding hydrogens is 464 g/mol. The number of aliphatic hydroxyl groups is 1. The molecule has 0 aromatic rings. The fourth-order valence-electron chi connectivity index (χ4n) is 5.00. The van der Waals surface area contributed by atoms with Gasteiger partial charge in [0, 0.05) is 11.5 Å². The number of aliphatic hydroxyl groups excluding tert-OH is 1. The van der Waals surface area contributed by atoms with E-state index in [1.807, 2.05) is 39.8 Å². The summed E-state index contributed by atoms with van der Waals surface area (Å²) in [5.41, 5.74) is 4.14. The minimum Gasteiger partial charge on any atom is -0.504 e. The number of Topliss-reactive ketones (excluding diaryl/α,β-unsaturated/α-hetero) is 2. The summed E-state index contributed by atoms with van der Waals surface area (Å²) in [5, 5.41) is 11.0. The van der Waals surface area contributed by atoms with Gasteiger partial charge in [0.15, 0.2) is 5.76 Å². The van der Waals surface area contributed by atoms with Gasteiger partial charge in [-0.15, -0.1) is 0 Å². The first-order chi connectivity index (χ1) is 17.5. The van der Waals surface area contributed by atoms with Gasteiger partial charge in [-0.3, -0.25) is 9.59 Å². The molecule has 1 N–H and O–H groups in total. The monoisotopic (exact) mass is 508 g/mol. The standard InChI is InChI=1S/C32H44O5/c1-8-9-10-14-25-28(32(36)37-18-17-22(6)13-11-12-20(2)3)30(34)27(31(35)29(25)33)26-19-23(7)15-16-24(26)21(4)5/h12,17,19,24,26,35H,4,8-11,13-16,18H2,1-3,5-7H3/b22-17+/t24?,26-/m1/s1. The maximum absolute atomic E-state index is 13.8. The summed E-state index contributed by atoms with van der Waals surface area (Å²) in [6.07, 6.45) is 12.0. The lowest BCUT2D eigenvalue weighted by Gasteiger charge is -2.33. The second kappa shape index (κ2) is 14.1. The van der Waals surface area contributed by atoms with Crippen LogP contribution in [0.1, 0.15) is 92.9 Å². The third-order valence-corrected chi connectivity index (χ3v) is 7.20. The van der Waals surface area contributed by atoms with Crippen molar-refractivity contribution in [1.82, 2.24) is 0 Å². The molecule has 0 spiro atoms. The number of unbranched alkanes of at least 4 members (excludes halogenated alkanes) is 2. The van der Waals surface area contributed by atoms with E-state index in [1.165, 1.54) is 5.57 Å². The van der Waals surface area contributed by atoms with Gasteiger partial charge in [-0.2, -0.15) is 0 Å². The minimum atomic E-state index is -0.799. The highest BCUT2D eigenvalue weighted by Gasteiger charge is 2.43. The molecule has 37 heavy (non-hydrogen) atoms. The van der Waals surface area contributed by atoms with E-state index >= 15 is 0 Å². The summed E-state index contributed by atoms with van der Waals surface area (Å²) in [6.45, 7) is 16.1. The van der Waals surface area contributed by atoms with Gasteiger partial charge in [-0.05, 0) is 85.1 Å². The summed E-state index contributed by atoms with van der Waals surface area (Å²) < 4.78 is 5.50. The predicted molar refractivity (Wildman–Crippen MR) is 149 cm³/mol. The normalized spacial score (nSPS) is 20.7. The SMILES string of the molecule is C=C(C)C1CCC(C)=C[C@H]1C1=C(O)C(=O)C(CCCCC)=C(C(=O)OC/C=C(\C)CCC=C(C)C)C1=O. The Balaban J connectivity index is 2.38. The van der Waals surface area contributed by atoms with Crippen LogP contribution in [0.2, 0.25) is 0 Å². The topological polar surface area (TPSA) is 80.7 Å². The molecular formula is C32H44O5. The van der Waals surface area contributed by atoms with Crippen LogP contribution in [0.15, 0.2) is 69.6 Å². The Bertz CT molecular complexity index is 1070. The molecule has 0 fully saturated rings. The van der Waals surface area contributed by atoms with Crippen molar-refractivity contribution in [2.75, 3.05) is 6.61 Å². The van der Waals surface area contributed by atoms with Crippen molar-refractivity contribution in [2.45, 2.75) is 92.9 Å². The third-order valence-electron chi connectivity index (χ3n) is 7.20. The lowest BCUT2D eigenvalue weighted by atomic mass is 9.70. The summed E-state index contributed by atoms with van der Waals surface area (Å²) in [5.74, 6) is -3.16. The zero-order valence-electron chi connectivity index (χ0n) is 23.5. The summed E-state index contributed by atoms with van der Waals surface area (Å²) in [4.78, 5) is 40.5. The average Bonchev–Trinajstić information content (AvgIpc) is 2.82. The number of ether oxygens (including phenoxy) is 1. The molecule has 0 aromatic carbocycles. The maximum atomic E-state index is 13.8. The zero-order chi connectivity index (χ0) is 27.7. The Morgan fingerprint density at radius 2 is 1.84 bits per heavy atom. The molecule has 2 atom stereocenters. The number of hydrogen-bond donors (Lipinski definition) is 1. The number of rotatable bonds is 12. The van der Waals surface area contributed by atoms with Crippen molar-refractivity contribution >= 4 is 17.5 Å². The zero-order valence-corrected chi connectivity index (χ0v) is 23.5. The highest BCUT2D eigenvalue weighted by atomic mass is 16.5. The molecule has 2 aliphatic rings. The second-order valence-electron chi connectivity index (χ2n) is 10.7. The van der Waals surface area contributed by atoms with E-state index in [0.29, 0.717) is 6.42 Å². The van der Waals surface area contributed by atoms with Crippen LogP contribution in [0.5, 0.6) is 0 Å². The van der Waals surface area contributed by atoms with E-state index in [4.69, 9.17) is 4.74 Å². The van der Waals surface area contributed by atoms with Crippen LogP contribution in [0, 0.1) is 11.8 Å². The van der Waals surface area contributed by atoms with Crippen LogP contribution in [-0.2, 0) is 19.1 Å². The molecule has 1 unspecified atom stereocenters. The van der Waals surface area contributed by atoms with Crippen molar-refractivity contribution in [1.29, 1.82) is 0 Å². The van der Waals surface area contributed by atoms with E-state index < -0.39 is 29.2 Å². The number of esters is 1. The van der Waals surface area contributed by atoms with E-state index in [9.17, 15) is 19.5 Å². The Labute approximate surface area is 222 Å². The molecule has 0 heterocycles. The molecule has 0 saturated heterocycles. The molecule has 5 heteroatoms. The Hall–Kier alpha value is -2.95. The molecule has 2 aliphatic carbocycles. The molecule has 2 rings (SSSR count). The lowest BCUT2D eigenvalue weighted by molar-refractivity contribution is -0.139. The number of carbonyl (C=O) groups excluding carboxylic acids is 3. The Morgan fingerprint density at radius 3 is 2.46 bits per heavy atom. The molecule has 0 aromatic heterocycles. The van der Waals surface area contributed by atoms with E-state index in [1.54, 1.807) is 0 Å². The largest absolute Gasteiger partial charge is 0.504 e. The fourth-order valence-corrected chi connectivity index (χ4v) is 5.00. The van der Waals surface area contributed by atoms with Crippen LogP contribution >= 0.6 is 0 Å². The van der Waals surface area contributed by atoms with Crippen LogP contribution in [-0.4, -0.2) is 29.2 Å². The first-order valence-electron chi connectivity index (χ1n) is 13.5. The average molecular weight is 509 g/mol. The van der Waals surface area contributed by atoms with Crippen molar-refractivity contribution in [3.8, 4) is 0 Å². The Kier molecular flexibility index (Phi) is 11.5. The van der Waals surface area contributed by atoms with Gasteiger partial charge in [-0.1, -0.05) is 60.8 Å². The van der Waals surface area contributed by atoms with Crippen LogP contribution in [0.3, 0.4) is 0 Å². The van der Waals surface area contributed by atoms with Gasteiger partial charge in [-0.25, -0.2) is 4.79 Å². The van der Waals surface area contributed by atoms with E-state index in [-0.39, 0.29) is 35.7 Å². The van der Waals surface area contributed by atoms with Crippen molar-refractivity contribution in [3.63, 3.8) is 0 Å². The van der Waals surface area contributed by atoms with Crippen molar-refractivity contribution in [2.24, 2.45) is 11.8 Å². The highest BCUT2D eigenvalue weighted by Crippen LogP contribution is 2.42. The van der Waals surface area contributed by atoms with Crippen LogP contribution < -0.4 is 0 Å². The number of allylic oxidation sites excluding steroid dienone is 8.